The van der Waals surface area contributed by atoms with Crippen molar-refractivity contribution >= 4 is 11.8 Å². The van der Waals surface area contributed by atoms with Gasteiger partial charge in [-0.25, -0.2) is 0 Å². The largest absolute Gasteiger partial charge is 0.359 e. The predicted octanol–water partition coefficient (Wildman–Crippen LogP) is -0.0457. The highest BCUT2D eigenvalue weighted by Crippen LogP contribution is 2.18. The fraction of sp³-hybridized carbons (Fsp3) is 0.833. The molecule has 1 rings (SSSR count). The number of hydrogen-bond donors (Lipinski definition) is 2. The van der Waals surface area contributed by atoms with Crippen LogP contribution in [-0.4, -0.2) is 42.9 Å². The zero-order chi connectivity index (χ0) is 13.0. The van der Waals surface area contributed by atoms with E-state index in [1.807, 2.05) is 13.8 Å². The molecule has 1 heterocycles. The first-order chi connectivity index (χ1) is 7.97. The first kappa shape index (κ1) is 14.0. The lowest BCUT2D eigenvalue weighted by atomic mass is 9.94. The number of piperidine rings is 1. The smallest absolute Gasteiger partial charge is 0.239 e. The summed E-state index contributed by atoms with van der Waals surface area (Å²) < 4.78 is 0. The molecule has 5 nitrogen and oxygen atoms in total. The van der Waals surface area contributed by atoms with Gasteiger partial charge in [-0.05, 0) is 18.8 Å². The number of carbonyl (C=O) groups is 2. The van der Waals surface area contributed by atoms with Crippen molar-refractivity contribution in [3.05, 3.63) is 0 Å². The summed E-state index contributed by atoms with van der Waals surface area (Å²) in [7, 11) is 1.65. The van der Waals surface area contributed by atoms with E-state index in [9.17, 15) is 9.59 Å². The van der Waals surface area contributed by atoms with Crippen molar-refractivity contribution in [1.82, 2.24) is 10.2 Å². The molecule has 3 N–H and O–H groups in total. The van der Waals surface area contributed by atoms with Crippen LogP contribution in [0.1, 0.15) is 26.7 Å². The van der Waals surface area contributed by atoms with E-state index in [0.717, 1.165) is 12.8 Å². The van der Waals surface area contributed by atoms with Crippen molar-refractivity contribution in [3.8, 4) is 0 Å². The van der Waals surface area contributed by atoms with E-state index in [-0.39, 0.29) is 23.7 Å². The molecule has 0 unspecified atom stereocenters. The third kappa shape index (κ3) is 3.43. The van der Waals surface area contributed by atoms with Gasteiger partial charge in [-0.15, -0.1) is 0 Å². The number of amides is 2. The number of nitrogens with one attached hydrogen (secondary N) is 1. The maximum Gasteiger partial charge on any atom is 0.239 e. The zero-order valence-corrected chi connectivity index (χ0v) is 10.9. The van der Waals surface area contributed by atoms with Crippen LogP contribution in [0.5, 0.6) is 0 Å². The molecule has 2 amide bonds. The van der Waals surface area contributed by atoms with Crippen LogP contribution in [0, 0.1) is 11.8 Å². The van der Waals surface area contributed by atoms with Crippen LogP contribution >= 0.6 is 0 Å². The second-order valence-electron chi connectivity index (χ2n) is 4.98. The summed E-state index contributed by atoms with van der Waals surface area (Å²) in [6.07, 6.45) is 1.46. The Morgan fingerprint density at radius 1 is 1.29 bits per heavy atom. The number of likely N-dealkylation sites (tertiary alicyclic amines) is 1. The van der Waals surface area contributed by atoms with Gasteiger partial charge in [0.25, 0.3) is 0 Å². The molecule has 1 fully saturated rings. The number of nitrogens with zero attached hydrogens (tertiary/aromatic N) is 1. The summed E-state index contributed by atoms with van der Waals surface area (Å²) >= 11 is 0. The first-order valence-corrected chi connectivity index (χ1v) is 6.23. The highest BCUT2D eigenvalue weighted by Gasteiger charge is 2.29. The van der Waals surface area contributed by atoms with Crippen LogP contribution in [0.15, 0.2) is 0 Å². The van der Waals surface area contributed by atoms with Crippen LogP contribution in [0.4, 0.5) is 0 Å². The van der Waals surface area contributed by atoms with Gasteiger partial charge in [0.1, 0.15) is 0 Å². The van der Waals surface area contributed by atoms with Gasteiger partial charge >= 0.3 is 0 Å². The molecule has 0 spiro atoms. The molecule has 0 aromatic carbocycles. The molecule has 0 bridgehead atoms. The van der Waals surface area contributed by atoms with Gasteiger partial charge in [-0.3, -0.25) is 9.59 Å². The Balaban J connectivity index is 2.47. The Labute approximate surface area is 103 Å². The van der Waals surface area contributed by atoms with E-state index < -0.39 is 6.04 Å². The molecule has 0 saturated carbocycles. The third-order valence-corrected chi connectivity index (χ3v) is 3.43. The van der Waals surface area contributed by atoms with E-state index in [0.29, 0.717) is 13.1 Å². The number of carbonyl (C=O) groups excluding carboxylic acids is 2. The molecule has 0 aliphatic carbocycles. The summed E-state index contributed by atoms with van der Waals surface area (Å²) in [4.78, 5) is 25.2. The standard InChI is InChI=1S/C12H23N3O2/c1-8(2)10(13)12(17)15-6-4-9(5-7-15)11(16)14-3/h8-10H,4-7,13H2,1-3H3,(H,14,16)/t10-/m1/s1. The average Bonchev–Trinajstić information content (AvgIpc) is 2.36. The van der Waals surface area contributed by atoms with Crippen LogP contribution in [0.25, 0.3) is 0 Å². The zero-order valence-electron chi connectivity index (χ0n) is 10.9. The number of rotatable bonds is 3. The fourth-order valence-electron chi connectivity index (χ4n) is 2.06. The van der Waals surface area contributed by atoms with E-state index in [1.54, 1.807) is 11.9 Å². The van der Waals surface area contributed by atoms with Crippen molar-refractivity contribution < 1.29 is 9.59 Å². The SMILES string of the molecule is CNC(=O)C1CCN(C(=O)[C@H](N)C(C)C)CC1. The first-order valence-electron chi connectivity index (χ1n) is 6.23. The van der Waals surface area contributed by atoms with Crippen molar-refractivity contribution in [3.63, 3.8) is 0 Å². The predicted molar refractivity (Wildman–Crippen MR) is 66.2 cm³/mol. The summed E-state index contributed by atoms with van der Waals surface area (Å²) in [6.45, 7) is 5.16. The van der Waals surface area contributed by atoms with E-state index >= 15 is 0 Å². The van der Waals surface area contributed by atoms with Gasteiger partial charge in [-0.2, -0.15) is 0 Å². The number of nitrogens with two attached hydrogens (primary N) is 1. The minimum Gasteiger partial charge on any atom is -0.359 e. The van der Waals surface area contributed by atoms with Gasteiger partial charge in [0.15, 0.2) is 0 Å². The normalized spacial score (nSPS) is 19.2. The highest BCUT2D eigenvalue weighted by molar-refractivity contribution is 5.83. The maximum atomic E-state index is 12.0. The highest BCUT2D eigenvalue weighted by atomic mass is 16.2. The minimum atomic E-state index is -0.424. The second-order valence-corrected chi connectivity index (χ2v) is 4.98. The van der Waals surface area contributed by atoms with Crippen molar-refractivity contribution in [2.45, 2.75) is 32.7 Å². The molecule has 0 aromatic rings. The summed E-state index contributed by atoms with van der Waals surface area (Å²) in [6, 6.07) is -0.424. The summed E-state index contributed by atoms with van der Waals surface area (Å²) in [5.41, 5.74) is 5.84. The van der Waals surface area contributed by atoms with Crippen LogP contribution in [0.3, 0.4) is 0 Å². The minimum absolute atomic E-state index is 0.00959. The molecule has 0 aromatic heterocycles. The lowest BCUT2D eigenvalue weighted by molar-refractivity contribution is -0.137. The molecule has 1 aliphatic heterocycles. The lowest BCUT2D eigenvalue weighted by Crippen LogP contribution is -2.50. The van der Waals surface area contributed by atoms with Crippen LogP contribution in [0.2, 0.25) is 0 Å². The van der Waals surface area contributed by atoms with Crippen molar-refractivity contribution in [2.24, 2.45) is 17.6 Å². The molecule has 1 saturated heterocycles. The van der Waals surface area contributed by atoms with Gasteiger partial charge < -0.3 is 16.0 Å². The second kappa shape index (κ2) is 6.00. The number of hydrogen-bond acceptors (Lipinski definition) is 3. The van der Waals surface area contributed by atoms with Crippen LogP contribution < -0.4 is 11.1 Å². The third-order valence-electron chi connectivity index (χ3n) is 3.43. The Kier molecular flexibility index (Phi) is 4.93. The maximum absolute atomic E-state index is 12.0. The molecular weight excluding hydrogens is 218 g/mol. The average molecular weight is 241 g/mol. The Morgan fingerprint density at radius 3 is 2.24 bits per heavy atom. The van der Waals surface area contributed by atoms with Crippen molar-refractivity contribution in [2.75, 3.05) is 20.1 Å². The molecule has 1 atom stereocenters. The van der Waals surface area contributed by atoms with Crippen molar-refractivity contribution in [1.29, 1.82) is 0 Å². The molecular formula is C12H23N3O2. The van der Waals surface area contributed by atoms with E-state index in [2.05, 4.69) is 5.32 Å². The van der Waals surface area contributed by atoms with Gasteiger partial charge in [-0.1, -0.05) is 13.8 Å². The van der Waals surface area contributed by atoms with Crippen LogP contribution in [-0.2, 0) is 9.59 Å². The van der Waals surface area contributed by atoms with E-state index in [4.69, 9.17) is 5.73 Å². The fourth-order valence-corrected chi connectivity index (χ4v) is 2.06. The van der Waals surface area contributed by atoms with Gasteiger partial charge in [0.2, 0.25) is 11.8 Å². The Bertz CT molecular complexity index is 283. The van der Waals surface area contributed by atoms with Gasteiger partial charge in [0.05, 0.1) is 6.04 Å². The summed E-state index contributed by atoms with van der Waals surface area (Å²) in [5, 5.41) is 2.65. The molecule has 0 radical (unpaired) electrons. The summed E-state index contributed by atoms with van der Waals surface area (Å²) in [5.74, 6) is 0.277. The Morgan fingerprint density at radius 2 is 1.82 bits per heavy atom. The molecule has 5 heteroatoms. The lowest BCUT2D eigenvalue weighted by Gasteiger charge is -2.33. The molecule has 98 valence electrons. The van der Waals surface area contributed by atoms with Gasteiger partial charge in [0, 0.05) is 26.1 Å². The Hall–Kier alpha value is -1.10. The molecule has 17 heavy (non-hydrogen) atoms. The topological polar surface area (TPSA) is 75.4 Å². The molecule has 1 aliphatic rings. The monoisotopic (exact) mass is 241 g/mol. The van der Waals surface area contributed by atoms with E-state index in [1.165, 1.54) is 0 Å². The quantitative estimate of drug-likeness (QED) is 0.727.